The van der Waals surface area contributed by atoms with Gasteiger partial charge in [0.15, 0.2) is 0 Å². The first-order valence-corrected chi connectivity index (χ1v) is 5.53. The van der Waals surface area contributed by atoms with Crippen LogP contribution in [0.4, 0.5) is 4.39 Å². The van der Waals surface area contributed by atoms with E-state index < -0.39 is 0 Å². The van der Waals surface area contributed by atoms with E-state index in [2.05, 4.69) is 0 Å². The van der Waals surface area contributed by atoms with Crippen LogP contribution in [-0.4, -0.2) is 5.75 Å². The van der Waals surface area contributed by atoms with Gasteiger partial charge < -0.3 is 5.73 Å². The molecule has 13 heavy (non-hydrogen) atoms. The molecule has 1 heterocycles. The van der Waals surface area contributed by atoms with Crippen molar-refractivity contribution in [2.45, 2.75) is 11.8 Å². The quantitative estimate of drug-likeness (QED) is 0.723. The summed E-state index contributed by atoms with van der Waals surface area (Å²) in [6, 6.07) is 2.76. The van der Waals surface area contributed by atoms with Crippen molar-refractivity contribution in [1.29, 1.82) is 0 Å². The molecule has 70 valence electrons. The Kier molecular flexibility index (Phi) is 2.49. The molecule has 1 atom stereocenters. The highest BCUT2D eigenvalue weighted by Crippen LogP contribution is 2.36. The number of halogens is 2. The molecule has 1 aliphatic heterocycles. The molecule has 1 aromatic carbocycles. The van der Waals surface area contributed by atoms with Crippen LogP contribution < -0.4 is 5.73 Å². The van der Waals surface area contributed by atoms with Gasteiger partial charge in [0.25, 0.3) is 0 Å². The zero-order chi connectivity index (χ0) is 9.42. The van der Waals surface area contributed by atoms with Gasteiger partial charge >= 0.3 is 0 Å². The van der Waals surface area contributed by atoms with Crippen molar-refractivity contribution >= 4 is 23.4 Å². The maximum absolute atomic E-state index is 13.4. The van der Waals surface area contributed by atoms with E-state index in [1.807, 2.05) is 0 Å². The van der Waals surface area contributed by atoms with Crippen LogP contribution >= 0.6 is 23.4 Å². The molecule has 4 heteroatoms. The monoisotopic (exact) mass is 217 g/mol. The van der Waals surface area contributed by atoms with Crippen molar-refractivity contribution in [1.82, 2.24) is 0 Å². The number of nitrogens with two attached hydrogens (primary N) is 1. The molecule has 1 nitrogen and oxygen atoms in total. The predicted molar refractivity (Wildman–Crippen MR) is 54.5 cm³/mol. The number of fused-ring (bicyclic) bond motifs is 1. The van der Waals surface area contributed by atoms with Gasteiger partial charge in [-0.25, -0.2) is 4.39 Å². The van der Waals surface area contributed by atoms with Crippen LogP contribution in [0.15, 0.2) is 12.1 Å². The van der Waals surface area contributed by atoms with Crippen molar-refractivity contribution < 1.29 is 4.39 Å². The van der Waals surface area contributed by atoms with Gasteiger partial charge in [-0.15, -0.1) is 0 Å². The minimum Gasteiger partial charge on any atom is -0.323 e. The molecule has 0 saturated carbocycles. The standard InChI is InChI=1S/C9H9ClFNS/c10-6-1-2-7(11)9-5(6)3-13-4-8(9)12/h1-2,8H,3-4,12H2. The lowest BCUT2D eigenvalue weighted by molar-refractivity contribution is 0.590. The lowest BCUT2D eigenvalue weighted by atomic mass is 10.0. The number of benzene rings is 1. The Bertz CT molecular complexity index is 343. The lowest BCUT2D eigenvalue weighted by Gasteiger charge is -2.23. The van der Waals surface area contributed by atoms with E-state index in [1.54, 1.807) is 17.8 Å². The fourth-order valence-corrected chi connectivity index (χ4v) is 2.89. The molecule has 0 amide bonds. The summed E-state index contributed by atoms with van der Waals surface area (Å²) in [6.07, 6.45) is 0. The molecule has 0 bridgehead atoms. The van der Waals surface area contributed by atoms with Gasteiger partial charge in [0, 0.05) is 28.1 Å². The third-order valence-corrected chi connectivity index (χ3v) is 3.60. The summed E-state index contributed by atoms with van der Waals surface area (Å²) in [7, 11) is 0. The number of rotatable bonds is 0. The minimum absolute atomic E-state index is 0.215. The summed E-state index contributed by atoms with van der Waals surface area (Å²) in [5.41, 5.74) is 7.27. The highest BCUT2D eigenvalue weighted by molar-refractivity contribution is 7.98. The normalized spacial score (nSPS) is 21.3. The van der Waals surface area contributed by atoms with Gasteiger partial charge in [-0.1, -0.05) is 11.6 Å². The van der Waals surface area contributed by atoms with Gasteiger partial charge in [-0.05, 0) is 17.7 Å². The Morgan fingerprint density at radius 2 is 2.31 bits per heavy atom. The molecule has 1 unspecified atom stereocenters. The predicted octanol–water partition coefficient (Wildman–Crippen LogP) is 2.73. The fraction of sp³-hybridized carbons (Fsp3) is 0.333. The van der Waals surface area contributed by atoms with E-state index in [0.29, 0.717) is 10.6 Å². The Morgan fingerprint density at radius 1 is 1.54 bits per heavy atom. The van der Waals surface area contributed by atoms with E-state index in [1.165, 1.54) is 6.07 Å². The Morgan fingerprint density at radius 3 is 3.00 bits per heavy atom. The SMILES string of the molecule is NC1CSCc2c(Cl)ccc(F)c21. The molecule has 0 aromatic heterocycles. The first-order valence-electron chi connectivity index (χ1n) is 4.00. The first-order chi connectivity index (χ1) is 6.20. The van der Waals surface area contributed by atoms with Gasteiger partial charge in [0.2, 0.25) is 0 Å². The van der Waals surface area contributed by atoms with E-state index >= 15 is 0 Å². The van der Waals surface area contributed by atoms with Crippen molar-refractivity contribution in [3.63, 3.8) is 0 Å². The van der Waals surface area contributed by atoms with Crippen molar-refractivity contribution in [2.75, 3.05) is 5.75 Å². The lowest BCUT2D eigenvalue weighted by Crippen LogP contribution is -2.20. The van der Waals surface area contributed by atoms with Crippen LogP contribution in [0.3, 0.4) is 0 Å². The zero-order valence-corrected chi connectivity index (χ0v) is 8.46. The summed E-state index contributed by atoms with van der Waals surface area (Å²) in [5, 5.41) is 0.624. The molecule has 2 N–H and O–H groups in total. The molecule has 0 spiro atoms. The van der Waals surface area contributed by atoms with Crippen molar-refractivity contribution in [3.8, 4) is 0 Å². The number of hydrogen-bond acceptors (Lipinski definition) is 2. The summed E-state index contributed by atoms with van der Waals surface area (Å²) in [6.45, 7) is 0. The Balaban J connectivity index is 2.60. The van der Waals surface area contributed by atoms with Crippen molar-refractivity contribution in [3.05, 3.63) is 34.1 Å². The van der Waals surface area contributed by atoms with Crippen molar-refractivity contribution in [2.24, 2.45) is 5.73 Å². The second kappa shape index (κ2) is 3.48. The van der Waals surface area contributed by atoms with Gasteiger partial charge in [-0.3, -0.25) is 0 Å². The zero-order valence-electron chi connectivity index (χ0n) is 6.89. The van der Waals surface area contributed by atoms with E-state index in [9.17, 15) is 4.39 Å². The van der Waals surface area contributed by atoms with Gasteiger partial charge in [0.05, 0.1) is 0 Å². The third kappa shape index (κ3) is 1.56. The molecule has 0 fully saturated rings. The molecule has 1 aliphatic rings. The molecule has 0 saturated heterocycles. The van der Waals surface area contributed by atoms with Gasteiger partial charge in [0.1, 0.15) is 5.82 Å². The van der Waals surface area contributed by atoms with E-state index in [0.717, 1.165) is 17.1 Å². The average Bonchev–Trinajstić information content (AvgIpc) is 2.12. The maximum Gasteiger partial charge on any atom is 0.128 e. The minimum atomic E-state index is -0.229. The second-order valence-corrected chi connectivity index (χ2v) is 4.48. The Labute approximate surface area is 85.5 Å². The summed E-state index contributed by atoms with van der Waals surface area (Å²) in [4.78, 5) is 0. The van der Waals surface area contributed by atoms with E-state index in [4.69, 9.17) is 17.3 Å². The first kappa shape index (κ1) is 9.31. The molecular weight excluding hydrogens is 209 g/mol. The van der Waals surface area contributed by atoms with Crippen LogP contribution in [-0.2, 0) is 5.75 Å². The number of thioether (sulfide) groups is 1. The van der Waals surface area contributed by atoms with Crippen LogP contribution in [0.25, 0.3) is 0 Å². The largest absolute Gasteiger partial charge is 0.323 e. The smallest absolute Gasteiger partial charge is 0.128 e. The molecule has 0 aliphatic carbocycles. The van der Waals surface area contributed by atoms with Gasteiger partial charge in [-0.2, -0.15) is 11.8 Å². The van der Waals surface area contributed by atoms with E-state index in [-0.39, 0.29) is 11.9 Å². The van der Waals surface area contributed by atoms with Crippen LogP contribution in [0.5, 0.6) is 0 Å². The fourth-order valence-electron chi connectivity index (χ4n) is 1.53. The maximum atomic E-state index is 13.4. The highest BCUT2D eigenvalue weighted by atomic mass is 35.5. The molecule has 0 radical (unpaired) electrons. The molecular formula is C9H9ClFNS. The molecule has 2 rings (SSSR count). The highest BCUT2D eigenvalue weighted by Gasteiger charge is 2.22. The topological polar surface area (TPSA) is 26.0 Å². The Hall–Kier alpha value is -0.250. The second-order valence-electron chi connectivity index (χ2n) is 3.04. The third-order valence-electron chi connectivity index (χ3n) is 2.16. The van der Waals surface area contributed by atoms with Crippen LogP contribution in [0.1, 0.15) is 17.2 Å². The van der Waals surface area contributed by atoms with Crippen LogP contribution in [0.2, 0.25) is 5.02 Å². The average molecular weight is 218 g/mol. The number of hydrogen-bond donors (Lipinski definition) is 1. The summed E-state index contributed by atoms with van der Waals surface area (Å²) < 4.78 is 13.4. The summed E-state index contributed by atoms with van der Waals surface area (Å²) in [5.74, 6) is 1.30. The summed E-state index contributed by atoms with van der Waals surface area (Å²) >= 11 is 7.64. The van der Waals surface area contributed by atoms with Crippen LogP contribution in [0, 0.1) is 5.82 Å². The molecule has 1 aromatic rings.